The summed E-state index contributed by atoms with van der Waals surface area (Å²) in [6.07, 6.45) is 1.90. The number of guanidine groups is 1. The van der Waals surface area contributed by atoms with E-state index >= 15 is 0 Å². The van der Waals surface area contributed by atoms with Gasteiger partial charge in [-0.2, -0.15) is 5.26 Å². The Morgan fingerprint density at radius 3 is 2.73 bits per heavy atom. The lowest BCUT2D eigenvalue weighted by Gasteiger charge is -2.30. The second-order valence-corrected chi connectivity index (χ2v) is 8.92. The van der Waals surface area contributed by atoms with E-state index in [9.17, 15) is 19.5 Å². The first-order valence-corrected chi connectivity index (χ1v) is 11.7. The lowest BCUT2D eigenvalue weighted by Crippen LogP contribution is -2.44. The second-order valence-electron chi connectivity index (χ2n) is 8.14. The van der Waals surface area contributed by atoms with E-state index in [1.165, 1.54) is 0 Å². The number of nitriles is 1. The first-order chi connectivity index (χ1) is 17.7. The fraction of sp³-hybridized carbons (Fsp3) is 0.208. The third-order valence-corrected chi connectivity index (χ3v) is 6.50. The number of halogens is 2. The number of nitrogens with one attached hydrogen (secondary N) is 2. The van der Waals surface area contributed by atoms with E-state index < -0.39 is 24.5 Å². The summed E-state index contributed by atoms with van der Waals surface area (Å²) in [6, 6.07) is 9.09. The Kier molecular flexibility index (Phi) is 7.52. The molecule has 1 aliphatic heterocycles. The van der Waals surface area contributed by atoms with Crippen molar-refractivity contribution >= 4 is 57.9 Å². The van der Waals surface area contributed by atoms with Gasteiger partial charge in [-0.05, 0) is 35.7 Å². The molecule has 0 saturated carbocycles. The highest BCUT2D eigenvalue weighted by Crippen LogP contribution is 2.35. The maximum atomic E-state index is 13.1. The fourth-order valence-corrected chi connectivity index (χ4v) is 4.74. The van der Waals surface area contributed by atoms with Gasteiger partial charge >= 0.3 is 5.97 Å². The number of nitrogens with two attached hydrogens (primary N) is 1. The maximum Gasteiger partial charge on any atom is 0.328 e. The Balaban J connectivity index is 1.53. The van der Waals surface area contributed by atoms with Gasteiger partial charge in [-0.3, -0.25) is 14.9 Å². The van der Waals surface area contributed by atoms with Gasteiger partial charge in [-0.1, -0.05) is 41.4 Å². The number of carbonyl (C=O) groups is 3. The molecule has 0 radical (unpaired) electrons. The SMILES string of the molecule is N#CNC(N)=NC[C@H](NC(=O)c1c(Cl)cc2c(c1Cl)CCN(C(=O)c1cc3ccccc3o1)C2)C(=O)O. The normalized spacial score (nSPS) is 14.0. The van der Waals surface area contributed by atoms with Gasteiger partial charge in [0.15, 0.2) is 12.0 Å². The molecule has 2 amide bonds. The van der Waals surface area contributed by atoms with Crippen molar-refractivity contribution in [2.45, 2.75) is 19.0 Å². The number of fused-ring (bicyclic) bond motifs is 2. The summed E-state index contributed by atoms with van der Waals surface area (Å²) in [5.74, 6) is -2.55. The Labute approximate surface area is 220 Å². The first kappa shape index (κ1) is 25.8. The number of benzene rings is 2. The number of hydrogen-bond acceptors (Lipinski definition) is 6. The molecule has 0 spiro atoms. The summed E-state index contributed by atoms with van der Waals surface area (Å²) >= 11 is 12.9. The highest BCUT2D eigenvalue weighted by Gasteiger charge is 2.30. The van der Waals surface area contributed by atoms with E-state index in [0.717, 1.165) is 5.39 Å². The number of carboxylic acid groups (broad SMARTS) is 1. The molecule has 11 nitrogen and oxygen atoms in total. The number of hydrogen-bond donors (Lipinski definition) is 4. The van der Waals surface area contributed by atoms with Crippen LogP contribution in [0.1, 0.15) is 32.0 Å². The van der Waals surface area contributed by atoms with Crippen molar-refractivity contribution in [3.63, 3.8) is 0 Å². The van der Waals surface area contributed by atoms with Crippen LogP contribution < -0.4 is 16.4 Å². The standard InChI is InChI=1S/C24H20Cl2N6O5/c25-15-7-13-10-32(22(34)18-8-12-3-1-2-4-17(12)37-18)6-5-14(13)20(26)19(15)21(33)31-16(23(35)36)9-29-24(28)30-11-27/h1-4,7-8,16H,5-6,9-10H2,(H,31,33)(H,35,36)(H3,28,29,30)/t16-/m0/s1. The van der Waals surface area contributed by atoms with Crippen LogP contribution in [0.2, 0.25) is 10.0 Å². The summed E-state index contributed by atoms with van der Waals surface area (Å²) in [5, 5.41) is 23.3. The van der Waals surface area contributed by atoms with Gasteiger partial charge in [0.25, 0.3) is 11.8 Å². The van der Waals surface area contributed by atoms with Crippen molar-refractivity contribution in [1.29, 1.82) is 5.26 Å². The highest BCUT2D eigenvalue weighted by atomic mass is 35.5. The smallest absolute Gasteiger partial charge is 0.328 e. The molecule has 1 aromatic heterocycles. The van der Waals surface area contributed by atoms with E-state index in [2.05, 4.69) is 15.6 Å². The van der Waals surface area contributed by atoms with E-state index in [4.69, 9.17) is 38.6 Å². The van der Waals surface area contributed by atoms with Crippen LogP contribution in [0, 0.1) is 11.5 Å². The highest BCUT2D eigenvalue weighted by molar-refractivity contribution is 6.40. The Morgan fingerprint density at radius 2 is 2.03 bits per heavy atom. The zero-order chi connectivity index (χ0) is 26.7. The molecule has 0 aliphatic carbocycles. The average molecular weight is 543 g/mol. The predicted molar refractivity (Wildman–Crippen MR) is 135 cm³/mol. The fourth-order valence-electron chi connectivity index (χ4n) is 3.98. The van der Waals surface area contributed by atoms with Crippen molar-refractivity contribution in [3.05, 3.63) is 68.9 Å². The second kappa shape index (κ2) is 10.8. The summed E-state index contributed by atoms with van der Waals surface area (Å²) in [5.41, 5.74) is 7.25. The molecule has 2 aromatic carbocycles. The quantitative estimate of drug-likeness (QED) is 0.159. The molecular weight excluding hydrogens is 523 g/mol. The van der Waals surface area contributed by atoms with Crippen molar-refractivity contribution in [2.75, 3.05) is 13.1 Å². The maximum absolute atomic E-state index is 13.1. The molecule has 0 bridgehead atoms. The number of amides is 2. The molecule has 3 aromatic rings. The van der Waals surface area contributed by atoms with E-state index in [1.807, 2.05) is 18.2 Å². The van der Waals surface area contributed by atoms with Crippen molar-refractivity contribution in [1.82, 2.24) is 15.5 Å². The number of carbonyl (C=O) groups excluding carboxylic acids is 2. The van der Waals surface area contributed by atoms with Crippen molar-refractivity contribution in [2.24, 2.45) is 10.7 Å². The molecule has 2 heterocycles. The van der Waals surface area contributed by atoms with Crippen LogP contribution in [0.25, 0.3) is 11.0 Å². The zero-order valence-electron chi connectivity index (χ0n) is 19.1. The molecule has 1 aliphatic rings. The minimum atomic E-state index is -1.45. The molecule has 13 heteroatoms. The van der Waals surface area contributed by atoms with E-state index in [-0.39, 0.29) is 39.8 Å². The molecule has 4 rings (SSSR count). The van der Waals surface area contributed by atoms with Crippen LogP contribution in [-0.2, 0) is 17.8 Å². The van der Waals surface area contributed by atoms with Gasteiger partial charge in [0, 0.05) is 18.5 Å². The van der Waals surface area contributed by atoms with Crippen molar-refractivity contribution in [3.8, 4) is 6.19 Å². The summed E-state index contributed by atoms with van der Waals surface area (Å²) in [4.78, 5) is 42.9. The third kappa shape index (κ3) is 5.45. The van der Waals surface area contributed by atoms with Crippen LogP contribution in [0.15, 0.2) is 45.8 Å². The largest absolute Gasteiger partial charge is 0.480 e. The number of rotatable bonds is 6. The van der Waals surface area contributed by atoms with Crippen molar-refractivity contribution < 1.29 is 23.9 Å². The molecular formula is C24H20Cl2N6O5. The number of furan rings is 1. The molecule has 37 heavy (non-hydrogen) atoms. The third-order valence-electron chi connectivity index (χ3n) is 5.79. The Morgan fingerprint density at radius 1 is 1.27 bits per heavy atom. The average Bonchev–Trinajstić information content (AvgIpc) is 3.30. The monoisotopic (exact) mass is 542 g/mol. The van der Waals surface area contributed by atoms with Gasteiger partial charge in [-0.15, -0.1) is 0 Å². The lowest BCUT2D eigenvalue weighted by molar-refractivity contribution is -0.138. The Hall–Kier alpha value is -4.27. The summed E-state index contributed by atoms with van der Waals surface area (Å²) in [6.45, 7) is 0.0910. The van der Waals surface area contributed by atoms with Crippen LogP contribution in [0.5, 0.6) is 0 Å². The molecule has 190 valence electrons. The molecule has 0 saturated heterocycles. The topological polar surface area (TPSA) is 174 Å². The van der Waals surface area contributed by atoms with Gasteiger partial charge in [0.1, 0.15) is 11.6 Å². The molecule has 5 N–H and O–H groups in total. The van der Waals surface area contributed by atoms with Crippen LogP contribution in [-0.4, -0.2) is 52.9 Å². The Bertz CT molecular complexity index is 1450. The van der Waals surface area contributed by atoms with Crippen LogP contribution in [0.4, 0.5) is 0 Å². The van der Waals surface area contributed by atoms with Gasteiger partial charge < -0.3 is 25.5 Å². The zero-order valence-corrected chi connectivity index (χ0v) is 20.6. The van der Waals surface area contributed by atoms with Crippen LogP contribution in [0.3, 0.4) is 0 Å². The number of aliphatic imine (C=N–C) groups is 1. The minimum Gasteiger partial charge on any atom is -0.480 e. The predicted octanol–water partition coefficient (Wildman–Crippen LogP) is 2.51. The first-order valence-electron chi connectivity index (χ1n) is 11.0. The molecule has 1 atom stereocenters. The minimum absolute atomic E-state index is 0.00223. The summed E-state index contributed by atoms with van der Waals surface area (Å²) < 4.78 is 5.69. The molecule has 0 unspecified atom stereocenters. The van der Waals surface area contributed by atoms with Gasteiger partial charge in [-0.25, -0.2) is 9.79 Å². The van der Waals surface area contributed by atoms with Gasteiger partial charge in [0.05, 0.1) is 22.2 Å². The van der Waals surface area contributed by atoms with E-state index in [1.54, 1.807) is 29.3 Å². The van der Waals surface area contributed by atoms with Crippen LogP contribution >= 0.6 is 23.2 Å². The number of carboxylic acids is 1. The number of para-hydroxylation sites is 1. The molecule has 0 fully saturated rings. The lowest BCUT2D eigenvalue weighted by atomic mass is 9.96. The number of nitrogens with zero attached hydrogens (tertiary/aromatic N) is 3. The summed E-state index contributed by atoms with van der Waals surface area (Å²) in [7, 11) is 0. The van der Waals surface area contributed by atoms with Gasteiger partial charge in [0.2, 0.25) is 5.96 Å². The van der Waals surface area contributed by atoms with E-state index in [0.29, 0.717) is 29.7 Å². The number of aliphatic carboxylic acids is 1.